The molecule has 0 atom stereocenters. The van der Waals surface area contributed by atoms with Gasteiger partial charge in [-0.2, -0.15) is 5.10 Å². The zero-order valence-corrected chi connectivity index (χ0v) is 15.5. The summed E-state index contributed by atoms with van der Waals surface area (Å²) in [5.74, 6) is 0. The summed E-state index contributed by atoms with van der Waals surface area (Å²) in [4.78, 5) is 22.9. The Bertz CT molecular complexity index is 1080. The number of nitro benzene ring substituents is 1. The number of fused-ring (bicyclic) bond motifs is 1. The van der Waals surface area contributed by atoms with Gasteiger partial charge < -0.3 is 9.30 Å². The van der Waals surface area contributed by atoms with Crippen LogP contribution >= 0.6 is 23.2 Å². The van der Waals surface area contributed by atoms with Gasteiger partial charge in [-0.25, -0.2) is 4.68 Å². The fraction of sp³-hybridized carbons (Fsp3) is 0.294. The molecule has 0 N–H and O–H groups in total. The number of hydrogen-bond donors (Lipinski definition) is 0. The maximum absolute atomic E-state index is 12.5. The standard InChI is InChI=1S/C17H14Cl2N4O4/c18-12-7-11(23(25)26)8-13(19)17(12)22-14-1-2-16(24)21(15(14)9-20-22)10-3-5-27-6-4-10/h1-2,7-10H,3-6H2. The lowest BCUT2D eigenvalue weighted by atomic mass is 10.1. The molecule has 27 heavy (non-hydrogen) atoms. The van der Waals surface area contributed by atoms with Gasteiger partial charge in [0.25, 0.3) is 11.2 Å². The predicted octanol–water partition coefficient (Wildman–Crippen LogP) is 3.75. The molecule has 0 aliphatic carbocycles. The molecule has 0 bridgehead atoms. The van der Waals surface area contributed by atoms with Crippen molar-refractivity contribution in [1.82, 2.24) is 14.3 Å². The van der Waals surface area contributed by atoms with Crippen LogP contribution in [0.2, 0.25) is 10.0 Å². The molecule has 3 aromatic rings. The summed E-state index contributed by atoms with van der Waals surface area (Å²) >= 11 is 12.5. The molecule has 1 fully saturated rings. The topological polar surface area (TPSA) is 92.2 Å². The number of rotatable bonds is 3. The molecule has 10 heteroatoms. The van der Waals surface area contributed by atoms with Crippen LogP contribution in [0.4, 0.5) is 5.69 Å². The third-order valence-electron chi connectivity index (χ3n) is 4.65. The van der Waals surface area contributed by atoms with Crippen LogP contribution in [0, 0.1) is 10.1 Å². The number of pyridine rings is 1. The van der Waals surface area contributed by atoms with E-state index in [1.807, 2.05) is 0 Å². The number of ether oxygens (including phenoxy) is 1. The number of halogens is 2. The van der Waals surface area contributed by atoms with E-state index < -0.39 is 4.92 Å². The van der Waals surface area contributed by atoms with Gasteiger partial charge in [-0.1, -0.05) is 23.2 Å². The highest BCUT2D eigenvalue weighted by Crippen LogP contribution is 2.35. The first-order chi connectivity index (χ1) is 13.0. The van der Waals surface area contributed by atoms with E-state index in [0.29, 0.717) is 29.9 Å². The van der Waals surface area contributed by atoms with E-state index in [9.17, 15) is 14.9 Å². The normalized spacial score (nSPS) is 15.3. The average Bonchev–Trinajstić information content (AvgIpc) is 3.05. The summed E-state index contributed by atoms with van der Waals surface area (Å²) in [6, 6.07) is 5.60. The molecule has 8 nitrogen and oxygen atoms in total. The zero-order chi connectivity index (χ0) is 19.1. The largest absolute Gasteiger partial charge is 0.381 e. The Morgan fingerprint density at radius 1 is 1.15 bits per heavy atom. The van der Waals surface area contributed by atoms with Crippen molar-refractivity contribution >= 4 is 39.9 Å². The molecule has 2 aromatic heterocycles. The highest BCUT2D eigenvalue weighted by molar-refractivity contribution is 6.38. The number of hydrogen-bond acceptors (Lipinski definition) is 5. The van der Waals surface area contributed by atoms with Crippen molar-refractivity contribution in [2.24, 2.45) is 0 Å². The van der Waals surface area contributed by atoms with Gasteiger partial charge in [-0.15, -0.1) is 0 Å². The molecule has 0 spiro atoms. The van der Waals surface area contributed by atoms with Gasteiger partial charge in [0, 0.05) is 37.5 Å². The van der Waals surface area contributed by atoms with Gasteiger partial charge in [0.1, 0.15) is 5.69 Å². The van der Waals surface area contributed by atoms with Crippen LogP contribution in [0.25, 0.3) is 16.7 Å². The Morgan fingerprint density at radius 3 is 2.44 bits per heavy atom. The van der Waals surface area contributed by atoms with Gasteiger partial charge in [0.2, 0.25) is 0 Å². The molecule has 0 amide bonds. The lowest BCUT2D eigenvalue weighted by Crippen LogP contribution is -2.28. The third-order valence-corrected chi connectivity index (χ3v) is 5.22. The molecule has 1 aliphatic heterocycles. The van der Waals surface area contributed by atoms with Crippen molar-refractivity contribution in [1.29, 1.82) is 0 Å². The molecule has 0 saturated carbocycles. The lowest BCUT2D eigenvalue weighted by molar-refractivity contribution is -0.384. The monoisotopic (exact) mass is 408 g/mol. The van der Waals surface area contributed by atoms with Crippen LogP contribution in [0.5, 0.6) is 0 Å². The SMILES string of the molecule is O=c1ccc2c(cnn2-c2c(Cl)cc([N+](=O)[O-])cc2Cl)n1C1CCOCC1. The molecule has 140 valence electrons. The van der Waals surface area contributed by atoms with E-state index in [1.165, 1.54) is 22.9 Å². The Balaban J connectivity index is 1.90. The van der Waals surface area contributed by atoms with Crippen LogP contribution in [0.1, 0.15) is 18.9 Å². The second-order valence-corrected chi connectivity index (χ2v) is 7.04. The highest BCUT2D eigenvalue weighted by atomic mass is 35.5. The van der Waals surface area contributed by atoms with Crippen LogP contribution in [0.3, 0.4) is 0 Å². The second-order valence-electron chi connectivity index (χ2n) is 6.23. The molecule has 1 saturated heterocycles. The first kappa shape index (κ1) is 18.0. The zero-order valence-electron chi connectivity index (χ0n) is 14.0. The Morgan fingerprint density at radius 2 is 1.81 bits per heavy atom. The lowest BCUT2D eigenvalue weighted by Gasteiger charge is -2.24. The van der Waals surface area contributed by atoms with E-state index in [4.69, 9.17) is 27.9 Å². The minimum absolute atomic E-state index is 0.0235. The summed E-state index contributed by atoms with van der Waals surface area (Å²) in [6.45, 7) is 1.20. The molecule has 3 heterocycles. The minimum Gasteiger partial charge on any atom is -0.381 e. The van der Waals surface area contributed by atoms with Gasteiger partial charge in [0.05, 0.1) is 32.2 Å². The summed E-state index contributed by atoms with van der Waals surface area (Å²) in [5.41, 5.74) is 1.30. The fourth-order valence-corrected chi connectivity index (χ4v) is 4.03. The average molecular weight is 409 g/mol. The molecular weight excluding hydrogens is 395 g/mol. The third kappa shape index (κ3) is 3.09. The van der Waals surface area contributed by atoms with Crippen molar-refractivity contribution in [3.63, 3.8) is 0 Å². The van der Waals surface area contributed by atoms with Crippen molar-refractivity contribution in [3.8, 4) is 5.69 Å². The molecule has 1 aromatic carbocycles. The minimum atomic E-state index is -0.564. The quantitative estimate of drug-likeness (QED) is 0.485. The molecular formula is C17H14Cl2N4O4. The van der Waals surface area contributed by atoms with Gasteiger partial charge in [-0.3, -0.25) is 14.9 Å². The van der Waals surface area contributed by atoms with Crippen LogP contribution in [-0.2, 0) is 4.74 Å². The molecule has 4 rings (SSSR count). The molecule has 0 radical (unpaired) electrons. The second kappa shape index (κ2) is 6.95. The Kier molecular flexibility index (Phi) is 4.63. The Labute approximate surface area is 163 Å². The summed E-state index contributed by atoms with van der Waals surface area (Å²) in [7, 11) is 0. The van der Waals surface area contributed by atoms with Crippen molar-refractivity contribution in [2.75, 3.05) is 13.2 Å². The maximum Gasteiger partial charge on any atom is 0.272 e. The first-order valence-electron chi connectivity index (χ1n) is 8.28. The van der Waals surface area contributed by atoms with E-state index >= 15 is 0 Å². The highest BCUT2D eigenvalue weighted by Gasteiger charge is 2.22. The summed E-state index contributed by atoms with van der Waals surface area (Å²) in [6.07, 6.45) is 3.06. The number of nitrogens with zero attached hydrogens (tertiary/aromatic N) is 4. The maximum atomic E-state index is 12.5. The van der Waals surface area contributed by atoms with Crippen LogP contribution < -0.4 is 5.56 Å². The van der Waals surface area contributed by atoms with Crippen molar-refractivity contribution in [3.05, 3.63) is 61.0 Å². The van der Waals surface area contributed by atoms with Gasteiger partial charge in [0.15, 0.2) is 0 Å². The Hall–Kier alpha value is -2.42. The van der Waals surface area contributed by atoms with E-state index in [2.05, 4.69) is 5.10 Å². The summed E-state index contributed by atoms with van der Waals surface area (Å²) < 4.78 is 8.60. The van der Waals surface area contributed by atoms with Crippen molar-refractivity contribution < 1.29 is 9.66 Å². The number of benzene rings is 1. The van der Waals surface area contributed by atoms with E-state index in [-0.39, 0.29) is 27.3 Å². The van der Waals surface area contributed by atoms with Gasteiger partial charge >= 0.3 is 0 Å². The fourth-order valence-electron chi connectivity index (χ4n) is 3.40. The van der Waals surface area contributed by atoms with E-state index in [0.717, 1.165) is 12.8 Å². The van der Waals surface area contributed by atoms with Crippen LogP contribution in [-0.4, -0.2) is 32.5 Å². The predicted molar refractivity (Wildman–Crippen MR) is 101 cm³/mol. The van der Waals surface area contributed by atoms with Crippen LogP contribution in [0.15, 0.2) is 35.3 Å². The molecule has 1 aliphatic rings. The smallest absolute Gasteiger partial charge is 0.272 e. The van der Waals surface area contributed by atoms with Crippen molar-refractivity contribution in [2.45, 2.75) is 18.9 Å². The first-order valence-corrected chi connectivity index (χ1v) is 9.04. The van der Waals surface area contributed by atoms with E-state index in [1.54, 1.807) is 16.8 Å². The van der Waals surface area contributed by atoms with Gasteiger partial charge in [-0.05, 0) is 18.9 Å². The number of nitro groups is 1. The number of aromatic nitrogens is 3. The summed E-state index contributed by atoms with van der Waals surface area (Å²) in [5, 5.41) is 15.5. The number of non-ortho nitro benzene ring substituents is 1. The molecule has 0 unspecified atom stereocenters.